The molecule has 1 aromatic rings. The minimum Gasteiger partial charge on any atom is -0.368 e. The van der Waals surface area contributed by atoms with E-state index in [9.17, 15) is 28.8 Å². The molecule has 15 N–H and O–H groups in total. The summed E-state index contributed by atoms with van der Waals surface area (Å²) in [7, 11) is 0. The first-order valence-corrected chi connectivity index (χ1v) is 16.7. The fourth-order valence-electron chi connectivity index (χ4n) is 5.30. The van der Waals surface area contributed by atoms with E-state index >= 15 is 0 Å². The second-order valence-corrected chi connectivity index (χ2v) is 12.5. The summed E-state index contributed by atoms with van der Waals surface area (Å²) in [5, 5.41) is 16.4. The van der Waals surface area contributed by atoms with Gasteiger partial charge in [0.05, 0.1) is 12.6 Å². The minimum absolute atomic E-state index is 0.0588. The Hall–Kier alpha value is -4.12. The van der Waals surface area contributed by atoms with Gasteiger partial charge in [0.25, 0.3) is 0 Å². The predicted octanol–water partition coefficient (Wildman–Crippen LogP) is -3.73. The van der Waals surface area contributed by atoms with Crippen LogP contribution in [-0.4, -0.2) is 97.9 Å². The molecule has 16 nitrogen and oxygen atoms in total. The standard InChI is InChI=1S/C32H54N10O6/c1-19(2)15-23(39-28(44)21-12-8-14-37-21)30(46)42-26(18-35)32(48)40-24(16-20-9-4-3-5-10-20)31(47)38-22(11-6-7-13-33)29(45)41-25(17-34)27(36)43/h3-5,9-10,19,21-26,37H,6-8,11-18,33-35H2,1-2H3,(H2,36,43)(H,38,47)(H,39,44)(H,40,48)(H,41,45)(H,42,46)/p+1/t21-,22-,23-,24-,25-,26-/m0/s1. The zero-order valence-corrected chi connectivity index (χ0v) is 28.1. The van der Waals surface area contributed by atoms with Gasteiger partial charge in [0.1, 0.15) is 30.2 Å². The Balaban J connectivity index is 2.24. The van der Waals surface area contributed by atoms with Crippen molar-refractivity contribution in [3.05, 3.63) is 35.9 Å². The Morgan fingerprint density at radius 2 is 1.35 bits per heavy atom. The molecule has 1 fully saturated rings. The number of amides is 6. The fraction of sp³-hybridized carbons (Fsp3) is 0.625. The number of unbranched alkanes of at least 4 members (excludes halogenated alkanes) is 1. The highest BCUT2D eigenvalue weighted by molar-refractivity contribution is 5.96. The number of carbonyl (C=O) groups is 6. The van der Waals surface area contributed by atoms with Crippen molar-refractivity contribution in [2.24, 2.45) is 23.1 Å². The third kappa shape index (κ3) is 13.5. The van der Waals surface area contributed by atoms with E-state index in [2.05, 4.69) is 37.6 Å². The number of nitrogens with two attached hydrogens (primary N) is 3. The molecule has 1 aliphatic heterocycles. The lowest BCUT2D eigenvalue weighted by atomic mass is 10.0. The Bertz CT molecular complexity index is 1210. The van der Waals surface area contributed by atoms with Crippen LogP contribution in [-0.2, 0) is 35.2 Å². The van der Waals surface area contributed by atoms with Crippen LogP contribution in [0, 0.1) is 5.92 Å². The van der Waals surface area contributed by atoms with E-state index in [0.717, 1.165) is 18.5 Å². The van der Waals surface area contributed by atoms with Crippen molar-refractivity contribution in [2.45, 2.75) is 95.0 Å². The summed E-state index contributed by atoms with van der Waals surface area (Å²) in [5.41, 5.74) is 21.4. The van der Waals surface area contributed by atoms with E-state index < -0.39 is 59.7 Å². The Kier molecular flexibility index (Phi) is 17.5. The molecular formula is C32H55N10O6+. The first-order valence-electron chi connectivity index (χ1n) is 16.7. The maximum Gasteiger partial charge on any atom is 0.244 e. The average molecular weight is 676 g/mol. The van der Waals surface area contributed by atoms with Crippen molar-refractivity contribution < 1.29 is 34.5 Å². The van der Waals surface area contributed by atoms with Crippen LogP contribution in [0.15, 0.2) is 30.3 Å². The van der Waals surface area contributed by atoms with Crippen LogP contribution in [0.2, 0.25) is 0 Å². The van der Waals surface area contributed by atoms with Gasteiger partial charge in [-0.05, 0) is 56.6 Å². The van der Waals surface area contributed by atoms with Crippen molar-refractivity contribution >= 4 is 35.4 Å². The van der Waals surface area contributed by atoms with Gasteiger partial charge in [-0.2, -0.15) is 0 Å². The summed E-state index contributed by atoms with van der Waals surface area (Å²) in [6.45, 7) is 4.66. The zero-order chi connectivity index (χ0) is 35.6. The third-order valence-corrected chi connectivity index (χ3v) is 8.02. The van der Waals surface area contributed by atoms with Crippen LogP contribution in [0.25, 0.3) is 0 Å². The molecule has 1 aromatic carbocycles. The second-order valence-electron chi connectivity index (χ2n) is 12.5. The Morgan fingerprint density at radius 1 is 0.792 bits per heavy atom. The number of carbonyl (C=O) groups excluding carboxylic acids is 6. The van der Waals surface area contributed by atoms with E-state index in [-0.39, 0.29) is 43.8 Å². The Morgan fingerprint density at radius 3 is 1.92 bits per heavy atom. The first-order chi connectivity index (χ1) is 22.9. The number of hydrogen-bond donors (Lipinski definition) is 10. The molecule has 0 unspecified atom stereocenters. The van der Waals surface area contributed by atoms with Gasteiger partial charge in [0, 0.05) is 19.5 Å². The lowest BCUT2D eigenvalue weighted by molar-refractivity contribution is -0.368. The summed E-state index contributed by atoms with van der Waals surface area (Å²) >= 11 is 0. The van der Waals surface area contributed by atoms with E-state index in [1.165, 1.54) is 0 Å². The summed E-state index contributed by atoms with van der Waals surface area (Å²) < 4.78 is 0. The van der Waals surface area contributed by atoms with Gasteiger partial charge < -0.3 is 54.8 Å². The van der Waals surface area contributed by atoms with Gasteiger partial charge in [-0.15, -0.1) is 0 Å². The van der Waals surface area contributed by atoms with Crippen LogP contribution in [0.1, 0.15) is 57.9 Å². The van der Waals surface area contributed by atoms with Crippen LogP contribution < -0.4 is 54.8 Å². The molecule has 48 heavy (non-hydrogen) atoms. The fourth-order valence-corrected chi connectivity index (χ4v) is 5.30. The van der Waals surface area contributed by atoms with Crippen molar-refractivity contribution in [2.75, 3.05) is 26.2 Å². The van der Waals surface area contributed by atoms with Gasteiger partial charge in [-0.25, -0.2) is 0 Å². The van der Waals surface area contributed by atoms with Crippen LogP contribution in [0.3, 0.4) is 0 Å². The molecule has 1 saturated heterocycles. The SMILES string of the molecule is CC(C)C[C@H](NC(=O)[C@@H]1CCCN1)C(=O)N[C@@H](CN)C(=O)N[C@@H](Cc1ccccc1)C(=O)N[C@@H](CCCC[NH3+])C(=O)N[C@@H](CN)C(N)=O. The largest absolute Gasteiger partial charge is 0.368 e. The summed E-state index contributed by atoms with van der Waals surface area (Å²) in [4.78, 5) is 78.3. The lowest BCUT2D eigenvalue weighted by Crippen LogP contribution is -2.61. The molecule has 6 amide bonds. The topological polar surface area (TPSA) is 280 Å². The highest BCUT2D eigenvalue weighted by atomic mass is 16.2. The van der Waals surface area contributed by atoms with Gasteiger partial charge in [-0.1, -0.05) is 44.2 Å². The monoisotopic (exact) mass is 675 g/mol. The van der Waals surface area contributed by atoms with Crippen LogP contribution >= 0.6 is 0 Å². The number of hydrogen-bond acceptors (Lipinski definition) is 9. The summed E-state index contributed by atoms with van der Waals surface area (Å²) in [6, 6.07) is 3.06. The number of quaternary nitrogens is 1. The van der Waals surface area contributed by atoms with Crippen molar-refractivity contribution in [3.63, 3.8) is 0 Å². The Labute approximate surface area is 282 Å². The van der Waals surface area contributed by atoms with Crippen molar-refractivity contribution in [3.8, 4) is 0 Å². The number of primary amides is 1. The highest BCUT2D eigenvalue weighted by Crippen LogP contribution is 2.10. The van der Waals surface area contributed by atoms with E-state index in [1.807, 2.05) is 19.9 Å². The zero-order valence-electron chi connectivity index (χ0n) is 28.1. The third-order valence-electron chi connectivity index (χ3n) is 8.02. The molecule has 0 aromatic heterocycles. The molecule has 1 heterocycles. The molecule has 16 heteroatoms. The molecular weight excluding hydrogens is 620 g/mol. The van der Waals surface area contributed by atoms with Gasteiger partial charge >= 0.3 is 0 Å². The summed E-state index contributed by atoms with van der Waals surface area (Å²) in [6.07, 6.45) is 3.38. The predicted molar refractivity (Wildman–Crippen MR) is 179 cm³/mol. The number of rotatable bonds is 21. The second kappa shape index (κ2) is 21.0. The van der Waals surface area contributed by atoms with E-state index in [0.29, 0.717) is 32.2 Å². The molecule has 0 aliphatic carbocycles. The molecule has 0 radical (unpaired) electrons. The molecule has 6 atom stereocenters. The molecule has 2 rings (SSSR count). The van der Waals surface area contributed by atoms with E-state index in [4.69, 9.17) is 17.2 Å². The molecule has 0 bridgehead atoms. The first kappa shape index (κ1) is 40.1. The lowest BCUT2D eigenvalue weighted by Gasteiger charge is -2.27. The quantitative estimate of drug-likeness (QED) is 0.0573. The van der Waals surface area contributed by atoms with Gasteiger partial charge in [-0.3, -0.25) is 28.8 Å². The molecule has 268 valence electrons. The van der Waals surface area contributed by atoms with Crippen LogP contribution in [0.4, 0.5) is 0 Å². The molecule has 0 spiro atoms. The molecule has 0 saturated carbocycles. The summed E-state index contributed by atoms with van der Waals surface area (Å²) in [5.74, 6) is -3.65. The van der Waals surface area contributed by atoms with E-state index in [1.54, 1.807) is 24.3 Å². The van der Waals surface area contributed by atoms with Crippen molar-refractivity contribution in [1.82, 2.24) is 31.9 Å². The average Bonchev–Trinajstić information content (AvgIpc) is 3.60. The number of benzene rings is 1. The maximum absolute atomic E-state index is 13.7. The normalized spacial score (nSPS) is 17.3. The van der Waals surface area contributed by atoms with Gasteiger partial charge in [0.15, 0.2) is 0 Å². The van der Waals surface area contributed by atoms with Gasteiger partial charge in [0.2, 0.25) is 35.4 Å². The van der Waals surface area contributed by atoms with Crippen LogP contribution in [0.5, 0.6) is 0 Å². The van der Waals surface area contributed by atoms with Crippen molar-refractivity contribution in [1.29, 1.82) is 0 Å². The number of nitrogens with one attached hydrogen (secondary N) is 6. The minimum atomic E-state index is -1.23. The smallest absolute Gasteiger partial charge is 0.244 e. The highest BCUT2D eigenvalue weighted by Gasteiger charge is 2.33. The maximum atomic E-state index is 13.7. The molecule has 1 aliphatic rings.